The van der Waals surface area contributed by atoms with Gasteiger partial charge in [-0.2, -0.15) is 0 Å². The standard InChI is InChI=1S/C14H17N3O3/c1-10(7-9-20-2)16-12-5-6-13(17(18)19)14-11(12)4-3-8-15-14/h3-6,8,10,16H,7,9H2,1-2H3. The highest BCUT2D eigenvalue weighted by Gasteiger charge is 2.15. The van der Waals surface area contributed by atoms with Gasteiger partial charge in [-0.3, -0.25) is 10.1 Å². The fraction of sp³-hybridized carbons (Fsp3) is 0.357. The highest BCUT2D eigenvalue weighted by molar-refractivity contribution is 5.96. The number of nitrogens with one attached hydrogen (secondary N) is 1. The highest BCUT2D eigenvalue weighted by atomic mass is 16.6. The SMILES string of the molecule is COCCC(C)Nc1ccc([N+](=O)[O-])c2ncccc12. The van der Waals surface area contributed by atoms with Gasteiger partial charge in [-0.05, 0) is 31.5 Å². The van der Waals surface area contributed by atoms with Gasteiger partial charge in [0.25, 0.3) is 5.69 Å². The van der Waals surface area contributed by atoms with Crippen LogP contribution in [-0.2, 0) is 4.74 Å². The maximum atomic E-state index is 11.0. The van der Waals surface area contributed by atoms with Gasteiger partial charge in [0.1, 0.15) is 5.52 Å². The Kier molecular flexibility index (Phi) is 4.47. The van der Waals surface area contributed by atoms with E-state index in [0.717, 1.165) is 17.5 Å². The van der Waals surface area contributed by atoms with Gasteiger partial charge in [0, 0.05) is 43.1 Å². The third-order valence-corrected chi connectivity index (χ3v) is 3.10. The molecule has 0 bridgehead atoms. The zero-order valence-corrected chi connectivity index (χ0v) is 11.5. The summed E-state index contributed by atoms with van der Waals surface area (Å²) in [7, 11) is 1.66. The first-order chi connectivity index (χ1) is 9.63. The molecule has 1 atom stereocenters. The lowest BCUT2D eigenvalue weighted by molar-refractivity contribution is -0.383. The highest BCUT2D eigenvalue weighted by Crippen LogP contribution is 2.30. The average molecular weight is 275 g/mol. The molecule has 0 radical (unpaired) electrons. The molecule has 1 heterocycles. The number of anilines is 1. The quantitative estimate of drug-likeness (QED) is 0.647. The van der Waals surface area contributed by atoms with Crippen LogP contribution in [0.15, 0.2) is 30.5 Å². The normalized spacial score (nSPS) is 12.3. The van der Waals surface area contributed by atoms with Gasteiger partial charge in [0.2, 0.25) is 0 Å². The number of nitro benzene ring substituents is 1. The van der Waals surface area contributed by atoms with Gasteiger partial charge in [-0.15, -0.1) is 0 Å². The van der Waals surface area contributed by atoms with Crippen LogP contribution in [0, 0.1) is 10.1 Å². The molecule has 0 aliphatic rings. The van der Waals surface area contributed by atoms with Crippen LogP contribution in [0.3, 0.4) is 0 Å². The number of ether oxygens (including phenoxy) is 1. The minimum atomic E-state index is -0.409. The smallest absolute Gasteiger partial charge is 0.295 e. The van der Waals surface area contributed by atoms with Crippen LogP contribution in [0.5, 0.6) is 0 Å². The Hall–Kier alpha value is -2.21. The van der Waals surface area contributed by atoms with Crippen LogP contribution in [0.25, 0.3) is 10.9 Å². The van der Waals surface area contributed by atoms with E-state index in [4.69, 9.17) is 4.74 Å². The van der Waals surface area contributed by atoms with Crippen LogP contribution < -0.4 is 5.32 Å². The molecule has 106 valence electrons. The number of non-ortho nitro benzene ring substituents is 1. The van der Waals surface area contributed by atoms with Crippen molar-refractivity contribution in [2.45, 2.75) is 19.4 Å². The first-order valence-corrected chi connectivity index (χ1v) is 6.41. The molecule has 0 saturated carbocycles. The Morgan fingerprint density at radius 1 is 1.45 bits per heavy atom. The van der Waals surface area contributed by atoms with Crippen molar-refractivity contribution in [2.24, 2.45) is 0 Å². The number of nitrogens with zero attached hydrogens (tertiary/aromatic N) is 2. The molecule has 0 aliphatic heterocycles. The van der Waals surface area contributed by atoms with E-state index in [9.17, 15) is 10.1 Å². The lowest BCUT2D eigenvalue weighted by Gasteiger charge is -2.16. The molecule has 1 N–H and O–H groups in total. The number of benzene rings is 1. The van der Waals surface area contributed by atoms with Crippen LogP contribution >= 0.6 is 0 Å². The van der Waals surface area contributed by atoms with Gasteiger partial charge in [-0.1, -0.05) is 0 Å². The molecule has 2 aromatic rings. The Labute approximate surface area is 116 Å². The second-order valence-electron chi connectivity index (χ2n) is 4.62. The molecule has 1 unspecified atom stereocenters. The van der Waals surface area contributed by atoms with Crippen molar-refractivity contribution in [1.29, 1.82) is 0 Å². The largest absolute Gasteiger partial charge is 0.385 e. The number of nitro groups is 1. The van der Waals surface area contributed by atoms with E-state index < -0.39 is 4.92 Å². The van der Waals surface area contributed by atoms with Crippen molar-refractivity contribution in [1.82, 2.24) is 4.98 Å². The summed E-state index contributed by atoms with van der Waals surface area (Å²) in [6, 6.07) is 7.03. The molecule has 2 rings (SSSR count). The van der Waals surface area contributed by atoms with Gasteiger partial charge >= 0.3 is 0 Å². The van der Waals surface area contributed by atoms with Crippen LogP contribution in [0.1, 0.15) is 13.3 Å². The summed E-state index contributed by atoms with van der Waals surface area (Å²) in [5, 5.41) is 15.1. The van der Waals surface area contributed by atoms with E-state index >= 15 is 0 Å². The first-order valence-electron chi connectivity index (χ1n) is 6.41. The van der Waals surface area contributed by atoms with Crippen LogP contribution in [-0.4, -0.2) is 29.7 Å². The fourth-order valence-corrected chi connectivity index (χ4v) is 2.06. The van der Waals surface area contributed by atoms with E-state index in [-0.39, 0.29) is 11.7 Å². The molecule has 0 spiro atoms. The second kappa shape index (κ2) is 6.29. The molecular weight excluding hydrogens is 258 g/mol. The summed E-state index contributed by atoms with van der Waals surface area (Å²) in [6.45, 7) is 2.71. The van der Waals surface area contributed by atoms with Gasteiger partial charge in [-0.25, -0.2) is 4.98 Å². The summed E-state index contributed by atoms with van der Waals surface area (Å²) in [4.78, 5) is 14.7. The molecule has 1 aromatic carbocycles. The molecule has 20 heavy (non-hydrogen) atoms. The number of hydrogen-bond acceptors (Lipinski definition) is 5. The predicted octanol–water partition coefficient (Wildman–Crippen LogP) is 2.98. The second-order valence-corrected chi connectivity index (χ2v) is 4.62. The number of pyridine rings is 1. The molecule has 6 heteroatoms. The zero-order valence-electron chi connectivity index (χ0n) is 11.5. The minimum absolute atomic E-state index is 0.0238. The first kappa shape index (κ1) is 14.2. The number of fused-ring (bicyclic) bond motifs is 1. The summed E-state index contributed by atoms with van der Waals surface area (Å²) < 4.78 is 5.05. The van der Waals surface area contributed by atoms with E-state index in [1.54, 1.807) is 25.4 Å². The number of aromatic nitrogens is 1. The predicted molar refractivity (Wildman–Crippen MR) is 78.0 cm³/mol. The third-order valence-electron chi connectivity index (χ3n) is 3.10. The van der Waals surface area contributed by atoms with Crippen molar-refractivity contribution in [3.05, 3.63) is 40.6 Å². The Bertz CT molecular complexity index is 616. The Morgan fingerprint density at radius 3 is 2.95 bits per heavy atom. The molecule has 0 fully saturated rings. The van der Waals surface area contributed by atoms with Crippen LogP contribution in [0.2, 0.25) is 0 Å². The molecular formula is C14H17N3O3. The van der Waals surface area contributed by atoms with Crippen LogP contribution in [0.4, 0.5) is 11.4 Å². The Morgan fingerprint density at radius 2 is 2.25 bits per heavy atom. The maximum absolute atomic E-state index is 11.0. The number of hydrogen-bond donors (Lipinski definition) is 1. The molecule has 1 aromatic heterocycles. The zero-order chi connectivity index (χ0) is 14.5. The maximum Gasteiger partial charge on any atom is 0.295 e. The van der Waals surface area contributed by atoms with Crippen molar-refractivity contribution in [3.8, 4) is 0 Å². The lowest BCUT2D eigenvalue weighted by atomic mass is 10.1. The summed E-state index contributed by atoms with van der Waals surface area (Å²) in [5.41, 5.74) is 1.28. The monoisotopic (exact) mass is 275 g/mol. The van der Waals surface area contributed by atoms with Crippen molar-refractivity contribution in [2.75, 3.05) is 19.0 Å². The number of rotatable bonds is 6. The van der Waals surface area contributed by atoms with Crippen molar-refractivity contribution in [3.63, 3.8) is 0 Å². The van der Waals surface area contributed by atoms with Gasteiger partial charge < -0.3 is 10.1 Å². The van der Waals surface area contributed by atoms with E-state index in [1.165, 1.54) is 6.07 Å². The number of methoxy groups -OCH3 is 1. The molecule has 0 aliphatic carbocycles. The summed E-state index contributed by atoms with van der Waals surface area (Å²) in [6.07, 6.45) is 2.42. The van der Waals surface area contributed by atoms with Crippen molar-refractivity contribution < 1.29 is 9.66 Å². The van der Waals surface area contributed by atoms with E-state index in [0.29, 0.717) is 12.1 Å². The van der Waals surface area contributed by atoms with Gasteiger partial charge in [0.05, 0.1) is 4.92 Å². The third kappa shape index (κ3) is 3.03. The van der Waals surface area contributed by atoms with Crippen molar-refractivity contribution >= 4 is 22.3 Å². The Balaban J connectivity index is 2.35. The summed E-state index contributed by atoms with van der Waals surface area (Å²) in [5.74, 6) is 0. The van der Waals surface area contributed by atoms with Gasteiger partial charge in [0.15, 0.2) is 0 Å². The van der Waals surface area contributed by atoms with E-state index in [1.807, 2.05) is 13.0 Å². The fourth-order valence-electron chi connectivity index (χ4n) is 2.06. The summed E-state index contributed by atoms with van der Waals surface area (Å²) >= 11 is 0. The lowest BCUT2D eigenvalue weighted by Crippen LogP contribution is -2.17. The topological polar surface area (TPSA) is 77.3 Å². The molecule has 0 amide bonds. The minimum Gasteiger partial charge on any atom is -0.385 e. The average Bonchev–Trinajstić information content (AvgIpc) is 2.45. The molecule has 6 nitrogen and oxygen atoms in total. The van der Waals surface area contributed by atoms with E-state index in [2.05, 4.69) is 10.3 Å². The molecule has 0 saturated heterocycles.